The van der Waals surface area contributed by atoms with Crippen LogP contribution >= 0.6 is 15.9 Å². The van der Waals surface area contributed by atoms with Gasteiger partial charge in [0.05, 0.1) is 15.7 Å². The fourth-order valence-electron chi connectivity index (χ4n) is 2.49. The number of pyridine rings is 1. The number of rotatable bonds is 5. The van der Waals surface area contributed by atoms with Gasteiger partial charge in [-0.15, -0.1) is 0 Å². The second kappa shape index (κ2) is 6.62. The number of benzene rings is 1. The summed E-state index contributed by atoms with van der Waals surface area (Å²) in [6, 6.07) is 9.81. The molecule has 0 saturated carbocycles. The second-order valence-corrected chi connectivity index (χ2v) is 5.79. The predicted molar refractivity (Wildman–Crippen MR) is 90.0 cm³/mol. The van der Waals surface area contributed by atoms with Gasteiger partial charge in [0.25, 0.3) is 0 Å². The number of aromatic nitrogens is 1. The minimum atomic E-state index is -1.13. The molecular formula is C17H13BrFNO4. The van der Waals surface area contributed by atoms with Gasteiger partial charge in [-0.25, -0.2) is 9.18 Å². The van der Waals surface area contributed by atoms with Gasteiger partial charge in [0.1, 0.15) is 11.3 Å². The summed E-state index contributed by atoms with van der Waals surface area (Å²) in [6.45, 7) is -0.106. The largest absolute Gasteiger partial charge is 0.478 e. The van der Waals surface area contributed by atoms with Gasteiger partial charge in [0.2, 0.25) is 0 Å². The number of fused-ring (bicyclic) bond motifs is 1. The highest BCUT2D eigenvalue weighted by molar-refractivity contribution is 9.10. The number of carboxylic acid groups (broad SMARTS) is 1. The first-order valence-corrected chi connectivity index (χ1v) is 7.77. The molecule has 0 spiro atoms. The Bertz CT molecular complexity index is 922. The average Bonchev–Trinajstić information content (AvgIpc) is 2.84. The Morgan fingerprint density at radius 2 is 2.12 bits per heavy atom. The maximum atomic E-state index is 14.7. The third-order valence-corrected chi connectivity index (χ3v) is 4.30. The van der Waals surface area contributed by atoms with Gasteiger partial charge < -0.3 is 19.0 Å². The Labute approximate surface area is 145 Å². The van der Waals surface area contributed by atoms with Crippen molar-refractivity contribution in [3.63, 3.8) is 0 Å². The lowest BCUT2D eigenvalue weighted by atomic mass is 10.1. The number of halogens is 2. The summed E-state index contributed by atoms with van der Waals surface area (Å²) >= 11 is 3.26. The van der Waals surface area contributed by atoms with E-state index >= 15 is 0 Å². The van der Waals surface area contributed by atoms with Gasteiger partial charge in [-0.1, -0.05) is 12.1 Å². The first-order valence-electron chi connectivity index (χ1n) is 6.98. The summed E-state index contributed by atoms with van der Waals surface area (Å²) in [4.78, 5) is 11.3. The fourth-order valence-corrected chi connectivity index (χ4v) is 3.00. The number of aromatic carboxylic acids is 1. The average molecular weight is 394 g/mol. The third kappa shape index (κ3) is 2.76. The van der Waals surface area contributed by atoms with Crippen LogP contribution in [0.25, 0.3) is 16.8 Å². The van der Waals surface area contributed by atoms with E-state index in [1.54, 1.807) is 28.8 Å². The van der Waals surface area contributed by atoms with Crippen LogP contribution in [0.2, 0.25) is 0 Å². The SMILES string of the molecule is COCOc1cc(-c2c(F)c(Br)c3ccccn23)ccc1C(=O)O. The minimum absolute atomic E-state index is 0.0175. The van der Waals surface area contributed by atoms with Crippen LogP contribution < -0.4 is 4.74 Å². The minimum Gasteiger partial charge on any atom is -0.478 e. The van der Waals surface area contributed by atoms with Crippen molar-refractivity contribution in [2.45, 2.75) is 0 Å². The number of carbonyl (C=O) groups is 1. The number of nitrogens with zero attached hydrogens (tertiary/aromatic N) is 1. The van der Waals surface area contributed by atoms with Gasteiger partial charge >= 0.3 is 5.97 Å². The summed E-state index contributed by atoms with van der Waals surface area (Å²) in [6.07, 6.45) is 1.74. The lowest BCUT2D eigenvalue weighted by Crippen LogP contribution is -2.06. The summed E-state index contributed by atoms with van der Waals surface area (Å²) < 4.78 is 26.9. The fraction of sp³-hybridized carbons (Fsp3) is 0.118. The molecule has 0 amide bonds. The Balaban J connectivity index is 2.20. The standard InChI is InChI=1S/C17H13BrFNO4/c1-23-9-24-13-8-10(5-6-11(13)17(21)22)16-15(19)14(18)12-4-2-3-7-20(12)16/h2-8H,9H2,1H3,(H,21,22). The molecule has 2 aromatic heterocycles. The van der Waals surface area contributed by atoms with E-state index in [1.165, 1.54) is 19.2 Å². The quantitative estimate of drug-likeness (QED) is 0.660. The van der Waals surface area contributed by atoms with Gasteiger partial charge in [-0.05, 0) is 40.2 Å². The Morgan fingerprint density at radius 3 is 2.83 bits per heavy atom. The van der Waals surface area contributed by atoms with Gasteiger partial charge in [0, 0.05) is 18.9 Å². The van der Waals surface area contributed by atoms with E-state index in [4.69, 9.17) is 9.47 Å². The Morgan fingerprint density at radius 1 is 1.33 bits per heavy atom. The molecule has 1 aromatic carbocycles. The van der Waals surface area contributed by atoms with E-state index in [-0.39, 0.29) is 18.1 Å². The molecule has 0 saturated heterocycles. The van der Waals surface area contributed by atoms with Crippen LogP contribution in [0.5, 0.6) is 5.75 Å². The maximum absolute atomic E-state index is 14.7. The molecule has 0 aliphatic rings. The smallest absolute Gasteiger partial charge is 0.339 e. The van der Waals surface area contributed by atoms with Gasteiger partial charge in [-0.3, -0.25) is 0 Å². The zero-order valence-electron chi connectivity index (χ0n) is 12.6. The molecule has 0 bridgehead atoms. The van der Waals surface area contributed by atoms with Crippen LogP contribution in [0.4, 0.5) is 4.39 Å². The molecule has 124 valence electrons. The Kier molecular flexibility index (Phi) is 4.55. The van der Waals surface area contributed by atoms with E-state index in [0.717, 1.165) is 0 Å². The molecule has 0 aliphatic heterocycles. The molecule has 5 nitrogen and oxygen atoms in total. The summed E-state index contributed by atoms with van der Waals surface area (Å²) in [5, 5.41) is 9.25. The summed E-state index contributed by atoms with van der Waals surface area (Å²) in [5.74, 6) is -1.44. The zero-order valence-corrected chi connectivity index (χ0v) is 14.2. The normalized spacial score (nSPS) is 11.0. The van der Waals surface area contributed by atoms with E-state index in [0.29, 0.717) is 21.2 Å². The number of hydrogen-bond donors (Lipinski definition) is 1. The second-order valence-electron chi connectivity index (χ2n) is 5.00. The van der Waals surface area contributed by atoms with Crippen molar-refractivity contribution in [3.8, 4) is 17.0 Å². The van der Waals surface area contributed by atoms with Crippen molar-refractivity contribution in [1.82, 2.24) is 4.40 Å². The van der Waals surface area contributed by atoms with Crippen LogP contribution in [0.3, 0.4) is 0 Å². The van der Waals surface area contributed by atoms with Crippen molar-refractivity contribution in [3.05, 3.63) is 58.4 Å². The zero-order chi connectivity index (χ0) is 17.3. The van der Waals surface area contributed by atoms with E-state index in [2.05, 4.69) is 15.9 Å². The molecule has 1 N–H and O–H groups in total. The van der Waals surface area contributed by atoms with Crippen LogP contribution in [-0.2, 0) is 4.74 Å². The molecule has 0 atom stereocenters. The molecular weight excluding hydrogens is 381 g/mol. The molecule has 3 rings (SSSR count). The van der Waals surface area contributed by atoms with Crippen molar-refractivity contribution < 1.29 is 23.8 Å². The third-order valence-electron chi connectivity index (χ3n) is 3.54. The van der Waals surface area contributed by atoms with Crippen molar-refractivity contribution in [2.75, 3.05) is 13.9 Å². The molecule has 2 heterocycles. The molecule has 24 heavy (non-hydrogen) atoms. The Hall–Kier alpha value is -2.38. The highest BCUT2D eigenvalue weighted by Crippen LogP contribution is 2.36. The number of ether oxygens (including phenoxy) is 2. The maximum Gasteiger partial charge on any atom is 0.339 e. The van der Waals surface area contributed by atoms with Crippen LogP contribution in [0.15, 0.2) is 47.1 Å². The topological polar surface area (TPSA) is 60.2 Å². The predicted octanol–water partition coefficient (Wildman–Crippen LogP) is 4.19. The monoisotopic (exact) mass is 393 g/mol. The van der Waals surface area contributed by atoms with E-state index < -0.39 is 11.8 Å². The molecule has 0 radical (unpaired) electrons. The van der Waals surface area contributed by atoms with E-state index in [1.807, 2.05) is 6.07 Å². The molecule has 0 fully saturated rings. The van der Waals surface area contributed by atoms with Crippen molar-refractivity contribution >= 4 is 27.4 Å². The summed E-state index contributed by atoms with van der Waals surface area (Å²) in [5.41, 5.74) is 1.47. The molecule has 0 unspecified atom stereocenters. The highest BCUT2D eigenvalue weighted by Gasteiger charge is 2.20. The number of hydrogen-bond acceptors (Lipinski definition) is 3. The van der Waals surface area contributed by atoms with Crippen LogP contribution in [0.1, 0.15) is 10.4 Å². The lowest BCUT2D eigenvalue weighted by Gasteiger charge is -2.11. The van der Waals surface area contributed by atoms with Gasteiger partial charge in [0.15, 0.2) is 12.6 Å². The van der Waals surface area contributed by atoms with E-state index in [9.17, 15) is 14.3 Å². The highest BCUT2D eigenvalue weighted by atomic mass is 79.9. The molecule has 3 aromatic rings. The van der Waals surface area contributed by atoms with Crippen LogP contribution in [-0.4, -0.2) is 29.4 Å². The van der Waals surface area contributed by atoms with Crippen molar-refractivity contribution in [1.29, 1.82) is 0 Å². The molecule has 7 heteroatoms. The van der Waals surface area contributed by atoms with Gasteiger partial charge in [-0.2, -0.15) is 0 Å². The number of methoxy groups -OCH3 is 1. The first-order chi connectivity index (χ1) is 11.5. The van der Waals surface area contributed by atoms with Crippen molar-refractivity contribution in [2.24, 2.45) is 0 Å². The molecule has 0 aliphatic carbocycles. The first kappa shape index (κ1) is 16.5. The lowest BCUT2D eigenvalue weighted by molar-refractivity contribution is 0.0484. The summed E-state index contributed by atoms with van der Waals surface area (Å²) in [7, 11) is 1.43. The van der Waals surface area contributed by atoms with Crippen LogP contribution in [0, 0.1) is 5.82 Å². The number of carboxylic acids is 1.